The summed E-state index contributed by atoms with van der Waals surface area (Å²) in [5, 5.41) is 15.8. The number of benzene rings is 3. The number of rotatable bonds is 7. The van der Waals surface area contributed by atoms with Gasteiger partial charge in [-0.1, -0.05) is 59.3 Å². The van der Waals surface area contributed by atoms with Crippen LogP contribution >= 0.6 is 15.9 Å². The van der Waals surface area contributed by atoms with Gasteiger partial charge in [-0.15, -0.1) is 0 Å². The van der Waals surface area contributed by atoms with Crippen LogP contribution in [0.3, 0.4) is 0 Å². The van der Waals surface area contributed by atoms with E-state index >= 15 is 0 Å². The lowest BCUT2D eigenvalue weighted by atomic mass is 9.96. The van der Waals surface area contributed by atoms with Gasteiger partial charge in [-0.2, -0.15) is 0 Å². The molecule has 0 saturated carbocycles. The van der Waals surface area contributed by atoms with E-state index in [1.54, 1.807) is 73.7 Å². The van der Waals surface area contributed by atoms with Crippen LogP contribution in [-0.4, -0.2) is 17.1 Å². The van der Waals surface area contributed by atoms with E-state index in [9.17, 15) is 14.7 Å². The summed E-state index contributed by atoms with van der Waals surface area (Å²) in [4.78, 5) is 25.0. The number of phenolic OH excluding ortho intramolecular Hbond substituents is 1. The highest BCUT2D eigenvalue weighted by molar-refractivity contribution is 9.10. The highest BCUT2D eigenvalue weighted by Gasteiger charge is 2.25. The first-order valence-electron chi connectivity index (χ1n) is 10.2. The Labute approximate surface area is 200 Å². The van der Waals surface area contributed by atoms with Crippen molar-refractivity contribution in [2.45, 2.75) is 13.0 Å². The number of anilines is 3. The van der Waals surface area contributed by atoms with Crippen molar-refractivity contribution >= 4 is 45.0 Å². The van der Waals surface area contributed by atoms with Gasteiger partial charge in [0.05, 0.1) is 11.4 Å². The van der Waals surface area contributed by atoms with Crippen molar-refractivity contribution in [3.8, 4) is 5.75 Å². The lowest BCUT2D eigenvalue weighted by molar-refractivity contribution is -0.111. The van der Waals surface area contributed by atoms with Gasteiger partial charge < -0.3 is 20.9 Å². The topological polar surface area (TPSA) is 114 Å². The molecule has 0 aliphatic carbocycles. The maximum absolute atomic E-state index is 12.6. The zero-order valence-corrected chi connectivity index (χ0v) is 19.5. The van der Waals surface area contributed by atoms with Crippen LogP contribution in [0.15, 0.2) is 89.4 Å². The second kappa shape index (κ2) is 11.2. The minimum absolute atomic E-state index is 0.0301. The molecule has 0 saturated heterocycles. The second-order valence-corrected chi connectivity index (χ2v) is 8.23. The Morgan fingerprint density at radius 2 is 1.73 bits per heavy atom. The molecule has 0 unspecified atom stereocenters. The highest BCUT2D eigenvalue weighted by atomic mass is 79.9. The third-order valence-corrected chi connectivity index (χ3v) is 5.29. The van der Waals surface area contributed by atoms with Crippen molar-refractivity contribution in [1.29, 1.82) is 0 Å². The van der Waals surface area contributed by atoms with Crippen LogP contribution in [0, 0.1) is 5.92 Å². The van der Waals surface area contributed by atoms with Crippen molar-refractivity contribution in [3.63, 3.8) is 0 Å². The number of halogens is 1. The van der Waals surface area contributed by atoms with Crippen molar-refractivity contribution in [1.82, 2.24) is 0 Å². The molecular formula is C25H24BrN3O4. The lowest BCUT2D eigenvalue weighted by Crippen LogP contribution is -2.21. The molecule has 170 valence electrons. The van der Waals surface area contributed by atoms with E-state index in [4.69, 9.17) is 10.5 Å². The number of phenols is 1. The molecule has 0 aliphatic heterocycles. The van der Waals surface area contributed by atoms with Crippen LogP contribution < -0.4 is 16.4 Å². The molecule has 0 bridgehead atoms. The van der Waals surface area contributed by atoms with Gasteiger partial charge in [-0.25, -0.2) is 4.79 Å². The Kier molecular flexibility index (Phi) is 8.10. The van der Waals surface area contributed by atoms with Gasteiger partial charge in [0.1, 0.15) is 11.9 Å². The Balaban J connectivity index is 1.78. The fraction of sp³-hybridized carbons (Fsp3) is 0.120. The Hall–Kier alpha value is -3.78. The smallest absolute Gasteiger partial charge is 0.412 e. The number of ether oxygens (including phenoxy) is 1. The summed E-state index contributed by atoms with van der Waals surface area (Å²) in [6.45, 7) is 1.78. The minimum atomic E-state index is -0.864. The first-order chi connectivity index (χ1) is 15.8. The number of hydrogen-bond acceptors (Lipinski definition) is 5. The molecule has 2 atom stereocenters. The monoisotopic (exact) mass is 509 g/mol. The van der Waals surface area contributed by atoms with Crippen LogP contribution in [0.1, 0.15) is 18.6 Å². The minimum Gasteiger partial charge on any atom is -0.508 e. The molecule has 0 aromatic heterocycles. The summed E-state index contributed by atoms with van der Waals surface area (Å²) in [5.41, 5.74) is 7.78. The normalized spacial score (nSPS) is 12.7. The zero-order chi connectivity index (χ0) is 23.8. The van der Waals surface area contributed by atoms with Crippen LogP contribution in [0.5, 0.6) is 5.75 Å². The van der Waals surface area contributed by atoms with Gasteiger partial charge in [0, 0.05) is 21.6 Å². The van der Waals surface area contributed by atoms with Crippen LogP contribution in [0.4, 0.5) is 21.9 Å². The highest BCUT2D eigenvalue weighted by Crippen LogP contribution is 2.35. The maximum Gasteiger partial charge on any atom is 0.412 e. The van der Waals surface area contributed by atoms with E-state index in [-0.39, 0.29) is 11.7 Å². The van der Waals surface area contributed by atoms with Gasteiger partial charge in [0.25, 0.3) is 0 Å². The van der Waals surface area contributed by atoms with Crippen molar-refractivity contribution < 1.29 is 19.4 Å². The average Bonchev–Trinajstić information content (AvgIpc) is 2.80. The van der Waals surface area contributed by atoms with E-state index in [1.807, 2.05) is 6.07 Å². The van der Waals surface area contributed by atoms with Crippen LogP contribution in [-0.2, 0) is 9.53 Å². The molecule has 0 spiro atoms. The predicted molar refractivity (Wildman–Crippen MR) is 133 cm³/mol. The Morgan fingerprint density at radius 1 is 1.03 bits per heavy atom. The van der Waals surface area contributed by atoms with Gasteiger partial charge in [-0.3, -0.25) is 10.1 Å². The molecule has 0 radical (unpaired) electrons. The third-order valence-electron chi connectivity index (χ3n) is 4.80. The number of carbonyl (C=O) groups excluding carboxylic acids is 2. The molecular weight excluding hydrogens is 486 g/mol. The second-order valence-electron chi connectivity index (χ2n) is 7.31. The lowest BCUT2D eigenvalue weighted by Gasteiger charge is -2.23. The summed E-state index contributed by atoms with van der Waals surface area (Å²) < 4.78 is 6.38. The molecule has 3 rings (SSSR count). The number of carbonyl (C=O) groups is 2. The fourth-order valence-electron chi connectivity index (χ4n) is 3.12. The number of nitrogens with one attached hydrogen (secondary N) is 2. The number of aromatic hydroxyl groups is 1. The Morgan fingerprint density at radius 3 is 2.45 bits per heavy atom. The average molecular weight is 510 g/mol. The maximum atomic E-state index is 12.6. The van der Waals surface area contributed by atoms with E-state index in [1.165, 1.54) is 12.1 Å². The molecule has 33 heavy (non-hydrogen) atoms. The molecule has 5 N–H and O–H groups in total. The molecule has 3 aromatic carbocycles. The standard InChI is InChI=1S/C25H24BrN3O4/c1-16(11-14-23(31)29-21-10-6-5-9-20(21)27)24(19-15-17(26)12-13-22(19)30)33-25(32)28-18-7-3-2-4-8-18/h2-16,24,30H,27H2,1H3,(H,28,32)(H,29,31)/b14-11+/t16-,24+/m0/s1. The molecule has 0 heterocycles. The van der Waals surface area contributed by atoms with Gasteiger partial charge in [0.15, 0.2) is 0 Å². The first kappa shape index (κ1) is 23.9. The number of nitrogen functional groups attached to an aromatic ring is 1. The number of para-hydroxylation sites is 3. The summed E-state index contributed by atoms with van der Waals surface area (Å²) in [7, 11) is 0. The van der Waals surface area contributed by atoms with Gasteiger partial charge in [0.2, 0.25) is 5.91 Å². The zero-order valence-electron chi connectivity index (χ0n) is 17.9. The van der Waals surface area contributed by atoms with E-state index < -0.39 is 18.1 Å². The molecule has 0 aliphatic rings. The fourth-order valence-corrected chi connectivity index (χ4v) is 3.50. The molecule has 3 aromatic rings. The number of hydrogen-bond donors (Lipinski definition) is 4. The van der Waals surface area contributed by atoms with Crippen molar-refractivity contribution in [3.05, 3.63) is 95.0 Å². The quantitative estimate of drug-likeness (QED) is 0.235. The summed E-state index contributed by atoms with van der Waals surface area (Å²) in [6.07, 6.45) is 1.40. The summed E-state index contributed by atoms with van der Waals surface area (Å²) in [5.74, 6) is -0.867. The first-order valence-corrected chi connectivity index (χ1v) is 11.0. The Bertz CT molecular complexity index is 1150. The summed E-state index contributed by atoms with van der Waals surface area (Å²) in [6, 6.07) is 20.7. The molecule has 7 nitrogen and oxygen atoms in total. The largest absolute Gasteiger partial charge is 0.508 e. The van der Waals surface area contributed by atoms with E-state index in [2.05, 4.69) is 26.6 Å². The van der Waals surface area contributed by atoms with E-state index in [0.29, 0.717) is 27.1 Å². The van der Waals surface area contributed by atoms with Crippen molar-refractivity contribution in [2.75, 3.05) is 16.4 Å². The van der Waals surface area contributed by atoms with E-state index in [0.717, 1.165) is 0 Å². The molecule has 2 amide bonds. The van der Waals surface area contributed by atoms with Crippen LogP contribution in [0.25, 0.3) is 0 Å². The third kappa shape index (κ3) is 6.85. The number of nitrogens with two attached hydrogens (primary N) is 1. The summed E-state index contributed by atoms with van der Waals surface area (Å²) >= 11 is 3.38. The molecule has 0 fully saturated rings. The number of amides is 2. The van der Waals surface area contributed by atoms with Gasteiger partial charge >= 0.3 is 6.09 Å². The SMILES string of the molecule is C[C@@H](/C=C/C(=O)Nc1ccccc1N)[C@@H](OC(=O)Nc1ccccc1)c1cc(Br)ccc1O. The molecule has 8 heteroatoms. The van der Waals surface area contributed by atoms with Gasteiger partial charge in [-0.05, 0) is 48.5 Å². The van der Waals surface area contributed by atoms with Crippen molar-refractivity contribution in [2.24, 2.45) is 5.92 Å². The van der Waals surface area contributed by atoms with Crippen LogP contribution in [0.2, 0.25) is 0 Å². The predicted octanol–water partition coefficient (Wildman–Crippen LogP) is 5.86.